The Morgan fingerprint density at radius 2 is 2.12 bits per heavy atom. The molecule has 3 heterocycles. The number of imidazole rings is 1. The van der Waals surface area contributed by atoms with Crippen LogP contribution in [0.15, 0.2) is 48.9 Å². The third-order valence-electron chi connectivity index (χ3n) is 6.57. The number of aromatic amines is 1. The van der Waals surface area contributed by atoms with Crippen molar-refractivity contribution in [2.75, 3.05) is 33.9 Å². The second-order valence-electron chi connectivity index (χ2n) is 8.41. The highest BCUT2D eigenvalue weighted by atomic mass is 16.5. The van der Waals surface area contributed by atoms with Gasteiger partial charge in [0, 0.05) is 56.1 Å². The van der Waals surface area contributed by atoms with Crippen molar-refractivity contribution in [3.05, 3.63) is 60.0 Å². The first kappa shape index (κ1) is 20.7. The van der Waals surface area contributed by atoms with Crippen LogP contribution in [0.2, 0.25) is 0 Å². The number of hydrogen-bond acceptors (Lipinski definition) is 5. The van der Waals surface area contributed by atoms with E-state index in [9.17, 15) is 0 Å². The van der Waals surface area contributed by atoms with E-state index in [-0.39, 0.29) is 6.10 Å². The first-order chi connectivity index (χ1) is 15.7. The summed E-state index contributed by atoms with van der Waals surface area (Å²) in [5.74, 6) is 0. The van der Waals surface area contributed by atoms with Crippen LogP contribution in [0.3, 0.4) is 0 Å². The van der Waals surface area contributed by atoms with Gasteiger partial charge in [0.25, 0.3) is 0 Å². The third kappa shape index (κ3) is 3.78. The fourth-order valence-electron chi connectivity index (χ4n) is 4.83. The fourth-order valence-corrected chi connectivity index (χ4v) is 4.83. The number of nitriles is 1. The van der Waals surface area contributed by atoms with Crippen molar-refractivity contribution >= 4 is 21.9 Å². The van der Waals surface area contributed by atoms with Crippen LogP contribution in [0.25, 0.3) is 27.6 Å². The number of hydrogen-bond donors (Lipinski definition) is 1. The molecule has 0 aliphatic carbocycles. The second kappa shape index (κ2) is 8.75. The van der Waals surface area contributed by atoms with E-state index in [2.05, 4.69) is 49.9 Å². The normalized spacial score (nSPS) is 19.2. The number of aromatic nitrogens is 3. The summed E-state index contributed by atoms with van der Waals surface area (Å²) in [4.78, 5) is 10.4. The number of benzene rings is 2. The van der Waals surface area contributed by atoms with Crippen molar-refractivity contribution in [1.82, 2.24) is 19.4 Å². The molecule has 0 bridgehead atoms. The summed E-state index contributed by atoms with van der Waals surface area (Å²) in [6.45, 7) is 2.59. The van der Waals surface area contributed by atoms with E-state index in [4.69, 9.17) is 14.7 Å². The van der Waals surface area contributed by atoms with Gasteiger partial charge in [-0.3, -0.25) is 9.47 Å². The molecule has 1 N–H and O–H groups in total. The molecule has 2 unspecified atom stereocenters. The van der Waals surface area contributed by atoms with Crippen molar-refractivity contribution in [2.24, 2.45) is 0 Å². The number of H-pyrrole nitrogens is 1. The lowest BCUT2D eigenvalue weighted by atomic mass is 10.0. The van der Waals surface area contributed by atoms with E-state index in [1.165, 1.54) is 10.9 Å². The lowest BCUT2D eigenvalue weighted by Crippen LogP contribution is -2.34. The minimum Gasteiger partial charge on any atom is -0.383 e. The first-order valence-electron chi connectivity index (χ1n) is 10.9. The lowest BCUT2D eigenvalue weighted by Gasteiger charge is -2.23. The van der Waals surface area contributed by atoms with E-state index >= 15 is 0 Å². The van der Waals surface area contributed by atoms with Crippen molar-refractivity contribution in [2.45, 2.75) is 25.0 Å². The average Bonchev–Trinajstić information content (AvgIpc) is 3.54. The van der Waals surface area contributed by atoms with E-state index in [0.717, 1.165) is 54.8 Å². The topological polar surface area (TPSA) is 79.1 Å². The predicted molar refractivity (Wildman–Crippen MR) is 124 cm³/mol. The van der Waals surface area contributed by atoms with Crippen LogP contribution in [-0.2, 0) is 15.9 Å². The Balaban J connectivity index is 1.46. The van der Waals surface area contributed by atoms with E-state index < -0.39 is 0 Å². The minimum atomic E-state index is 0.272. The zero-order chi connectivity index (χ0) is 22.1. The minimum absolute atomic E-state index is 0.272. The highest BCUT2D eigenvalue weighted by Crippen LogP contribution is 2.29. The van der Waals surface area contributed by atoms with Gasteiger partial charge in [0.05, 0.1) is 35.4 Å². The Bertz CT molecular complexity index is 1280. The van der Waals surface area contributed by atoms with Crippen LogP contribution in [0, 0.1) is 11.3 Å². The summed E-state index contributed by atoms with van der Waals surface area (Å²) >= 11 is 0. The molecule has 1 fully saturated rings. The highest BCUT2D eigenvalue weighted by molar-refractivity contribution is 5.86. The maximum Gasteiger partial charge on any atom is 0.100 e. The molecule has 0 radical (unpaired) electrons. The molecule has 0 amide bonds. The van der Waals surface area contributed by atoms with Crippen LogP contribution < -0.4 is 0 Å². The Morgan fingerprint density at radius 1 is 1.22 bits per heavy atom. The summed E-state index contributed by atoms with van der Waals surface area (Å²) in [7, 11) is 3.55. The van der Waals surface area contributed by atoms with E-state index in [1.54, 1.807) is 14.2 Å². The average molecular weight is 430 g/mol. The molecule has 2 aromatic carbocycles. The van der Waals surface area contributed by atoms with Gasteiger partial charge in [0.2, 0.25) is 0 Å². The zero-order valence-corrected chi connectivity index (χ0v) is 18.4. The summed E-state index contributed by atoms with van der Waals surface area (Å²) < 4.78 is 13.1. The van der Waals surface area contributed by atoms with Gasteiger partial charge in [-0.1, -0.05) is 0 Å². The molecule has 0 saturated carbocycles. The van der Waals surface area contributed by atoms with Gasteiger partial charge in [-0.05, 0) is 54.8 Å². The molecular formula is C25H27N5O2. The van der Waals surface area contributed by atoms with Gasteiger partial charge in [0.1, 0.15) is 6.33 Å². The van der Waals surface area contributed by atoms with Crippen LogP contribution in [0.5, 0.6) is 0 Å². The van der Waals surface area contributed by atoms with Crippen LogP contribution >= 0.6 is 0 Å². The number of nitrogens with zero attached hydrogens (tertiary/aromatic N) is 4. The Labute approximate surface area is 187 Å². The molecule has 2 aromatic heterocycles. The molecule has 2 atom stereocenters. The van der Waals surface area contributed by atoms with Gasteiger partial charge in [-0.15, -0.1) is 0 Å². The highest BCUT2D eigenvalue weighted by Gasteiger charge is 2.32. The Kier molecular flexibility index (Phi) is 5.66. The summed E-state index contributed by atoms with van der Waals surface area (Å²) in [6.07, 6.45) is 6.22. The molecular weight excluding hydrogens is 402 g/mol. The number of likely N-dealkylation sites (tertiary alicyclic amines) is 1. The predicted octanol–water partition coefficient (Wildman–Crippen LogP) is 3.66. The molecule has 32 heavy (non-hydrogen) atoms. The van der Waals surface area contributed by atoms with Gasteiger partial charge in [-0.25, -0.2) is 4.98 Å². The number of rotatable bonds is 7. The molecule has 0 spiro atoms. The van der Waals surface area contributed by atoms with Crippen molar-refractivity contribution in [3.63, 3.8) is 0 Å². The summed E-state index contributed by atoms with van der Waals surface area (Å²) in [5, 5.41) is 10.4. The lowest BCUT2D eigenvalue weighted by molar-refractivity contribution is 0.0994. The number of fused-ring (bicyclic) bond motifs is 2. The number of nitrogens with one attached hydrogen (secondary N) is 1. The van der Waals surface area contributed by atoms with Crippen LogP contribution in [0.4, 0.5) is 0 Å². The third-order valence-corrected chi connectivity index (χ3v) is 6.57. The first-order valence-corrected chi connectivity index (χ1v) is 10.9. The Morgan fingerprint density at radius 3 is 2.94 bits per heavy atom. The van der Waals surface area contributed by atoms with Crippen LogP contribution in [-0.4, -0.2) is 65.5 Å². The maximum absolute atomic E-state index is 9.16. The van der Waals surface area contributed by atoms with Gasteiger partial charge in [0.15, 0.2) is 0 Å². The molecule has 7 nitrogen and oxygen atoms in total. The molecule has 4 aromatic rings. The maximum atomic E-state index is 9.16. The van der Waals surface area contributed by atoms with Crippen molar-refractivity contribution in [3.8, 4) is 11.8 Å². The Hall–Kier alpha value is -3.18. The van der Waals surface area contributed by atoms with Crippen molar-refractivity contribution in [1.29, 1.82) is 5.26 Å². The quantitative estimate of drug-likeness (QED) is 0.485. The molecule has 1 aliphatic rings. The largest absolute Gasteiger partial charge is 0.383 e. The van der Waals surface area contributed by atoms with Gasteiger partial charge >= 0.3 is 0 Å². The smallest absolute Gasteiger partial charge is 0.100 e. The summed E-state index contributed by atoms with van der Waals surface area (Å²) in [5.41, 5.74) is 5.93. The fraction of sp³-hybridized carbons (Fsp3) is 0.360. The SMILES string of the molecule is COCCN1CC(OC)CC1Cc1c[nH]c2ccc(-n3cnc4cc(C#N)ccc43)cc12. The monoisotopic (exact) mass is 429 g/mol. The zero-order valence-electron chi connectivity index (χ0n) is 18.4. The van der Waals surface area contributed by atoms with Gasteiger partial charge < -0.3 is 14.5 Å². The molecule has 5 rings (SSSR count). The molecule has 7 heteroatoms. The van der Waals surface area contributed by atoms with Crippen molar-refractivity contribution < 1.29 is 9.47 Å². The molecule has 164 valence electrons. The van der Waals surface area contributed by atoms with E-state index in [1.807, 2.05) is 24.5 Å². The summed E-state index contributed by atoms with van der Waals surface area (Å²) in [6, 6.07) is 14.7. The van der Waals surface area contributed by atoms with Gasteiger partial charge in [-0.2, -0.15) is 5.26 Å². The molecule has 1 saturated heterocycles. The number of ether oxygens (including phenoxy) is 2. The van der Waals surface area contributed by atoms with E-state index in [0.29, 0.717) is 11.6 Å². The molecule has 1 aliphatic heterocycles. The van der Waals surface area contributed by atoms with Crippen LogP contribution in [0.1, 0.15) is 17.5 Å². The number of methoxy groups -OCH3 is 2. The second-order valence-corrected chi connectivity index (χ2v) is 8.41. The standard InChI is InChI=1S/C25H27N5O2/c1-31-8-7-29-15-21(32-2)11-20(29)10-18-14-27-23-5-4-19(12-22(18)23)30-16-28-24-9-17(13-26)3-6-25(24)30/h3-6,9,12,14,16,20-21,27H,7-8,10-11,15H2,1-2H3.